The Morgan fingerprint density at radius 2 is 1.75 bits per heavy atom. The van der Waals surface area contributed by atoms with Crippen molar-refractivity contribution in [3.63, 3.8) is 0 Å². The molecule has 0 spiro atoms. The van der Waals surface area contributed by atoms with Gasteiger partial charge in [-0.15, -0.1) is 0 Å². The van der Waals surface area contributed by atoms with Gasteiger partial charge >= 0.3 is 0 Å². The van der Waals surface area contributed by atoms with E-state index in [0.29, 0.717) is 23.9 Å². The van der Waals surface area contributed by atoms with Crippen molar-refractivity contribution in [2.75, 3.05) is 37.7 Å². The molecule has 1 saturated heterocycles. The number of aryl methyl sites for hydroxylation is 1. The van der Waals surface area contributed by atoms with Crippen LogP contribution in [-0.4, -0.2) is 54.0 Å². The first-order chi connectivity index (χ1) is 17.2. The summed E-state index contributed by atoms with van der Waals surface area (Å²) in [6.07, 6.45) is 0. The van der Waals surface area contributed by atoms with Crippen LogP contribution in [0.15, 0.2) is 66.7 Å². The molecule has 1 aliphatic heterocycles. The second-order valence-corrected chi connectivity index (χ2v) is 10.3. The number of anilines is 1. The summed E-state index contributed by atoms with van der Waals surface area (Å²) in [4.78, 5) is 4.53. The maximum absolute atomic E-state index is 13.8. The monoisotopic (exact) mass is 512 g/mol. The molecule has 3 aromatic carbocycles. The van der Waals surface area contributed by atoms with Crippen molar-refractivity contribution in [2.24, 2.45) is 0 Å². The van der Waals surface area contributed by atoms with Crippen LogP contribution in [-0.2, 0) is 5.60 Å². The second-order valence-electron chi connectivity index (χ2n) is 9.84. The normalized spacial score (nSPS) is 20.2. The molecule has 0 radical (unpaired) electrons. The Labute approximate surface area is 217 Å². The zero-order chi connectivity index (χ0) is 25.9. The van der Waals surface area contributed by atoms with E-state index in [4.69, 9.17) is 21.4 Å². The molecule has 36 heavy (non-hydrogen) atoms. The van der Waals surface area contributed by atoms with Crippen LogP contribution in [0.5, 0.6) is 5.75 Å². The van der Waals surface area contributed by atoms with Gasteiger partial charge in [-0.25, -0.2) is 4.39 Å². The quantitative estimate of drug-likeness (QED) is 0.428. The molecule has 3 atom stereocenters. The molecule has 0 aliphatic carbocycles. The SMILES string of the molecule is Cc1ccc([C@](C)(O)CN2CC(C)N(c3ccc(OCCO)cc3Cl)[C@H](c3ccc(F)cc3)C2)cc1. The van der Waals surface area contributed by atoms with Gasteiger partial charge < -0.3 is 19.8 Å². The van der Waals surface area contributed by atoms with E-state index < -0.39 is 5.60 Å². The number of halogens is 2. The fourth-order valence-corrected chi connectivity index (χ4v) is 5.32. The highest BCUT2D eigenvalue weighted by Gasteiger charge is 2.37. The molecule has 0 amide bonds. The largest absolute Gasteiger partial charge is 0.491 e. The van der Waals surface area contributed by atoms with E-state index in [0.717, 1.165) is 28.9 Å². The summed E-state index contributed by atoms with van der Waals surface area (Å²) in [6.45, 7) is 7.97. The van der Waals surface area contributed by atoms with E-state index in [-0.39, 0.29) is 31.1 Å². The summed E-state index contributed by atoms with van der Waals surface area (Å²) in [5.74, 6) is 0.313. The van der Waals surface area contributed by atoms with Crippen molar-refractivity contribution in [3.8, 4) is 5.75 Å². The molecule has 1 fully saturated rings. The third-order valence-corrected chi connectivity index (χ3v) is 7.08. The lowest BCUT2D eigenvalue weighted by Crippen LogP contribution is -2.56. The first-order valence-electron chi connectivity index (χ1n) is 12.3. The Balaban J connectivity index is 1.63. The maximum Gasteiger partial charge on any atom is 0.123 e. The summed E-state index contributed by atoms with van der Waals surface area (Å²) in [5.41, 5.74) is 2.84. The lowest BCUT2D eigenvalue weighted by molar-refractivity contribution is 0.00636. The Morgan fingerprint density at radius 1 is 1.06 bits per heavy atom. The number of hydrogen-bond acceptors (Lipinski definition) is 5. The van der Waals surface area contributed by atoms with Crippen molar-refractivity contribution < 1.29 is 19.3 Å². The minimum Gasteiger partial charge on any atom is -0.491 e. The average molecular weight is 513 g/mol. The molecular formula is C29H34ClFN2O3. The number of rotatable bonds is 8. The lowest BCUT2D eigenvalue weighted by atomic mass is 9.92. The third kappa shape index (κ3) is 6.01. The zero-order valence-corrected chi connectivity index (χ0v) is 21.8. The van der Waals surface area contributed by atoms with Crippen LogP contribution < -0.4 is 9.64 Å². The Morgan fingerprint density at radius 3 is 2.39 bits per heavy atom. The van der Waals surface area contributed by atoms with Crippen LogP contribution in [0.4, 0.5) is 10.1 Å². The van der Waals surface area contributed by atoms with Gasteiger partial charge in [-0.3, -0.25) is 4.90 Å². The summed E-state index contributed by atoms with van der Waals surface area (Å²) in [5, 5.41) is 21.0. The van der Waals surface area contributed by atoms with Crippen LogP contribution in [0.25, 0.3) is 0 Å². The molecule has 1 unspecified atom stereocenters. The van der Waals surface area contributed by atoms with Gasteiger partial charge in [0.15, 0.2) is 0 Å². The highest BCUT2D eigenvalue weighted by Crippen LogP contribution is 2.40. The fourth-order valence-electron chi connectivity index (χ4n) is 5.05. The van der Waals surface area contributed by atoms with Crippen LogP contribution in [0.2, 0.25) is 5.02 Å². The number of β-amino-alcohol motifs (C(OH)–C–C–N with tert-alkyl or cyclic N) is 1. The highest BCUT2D eigenvalue weighted by atomic mass is 35.5. The molecule has 2 N–H and O–H groups in total. The van der Waals surface area contributed by atoms with Gasteiger partial charge in [-0.05, 0) is 56.2 Å². The third-order valence-electron chi connectivity index (χ3n) is 6.78. The molecule has 0 aromatic heterocycles. The second kappa shape index (κ2) is 11.2. The Bertz CT molecular complexity index is 1150. The maximum atomic E-state index is 13.8. The van der Waals surface area contributed by atoms with E-state index in [9.17, 15) is 9.50 Å². The number of aliphatic hydroxyl groups is 2. The smallest absolute Gasteiger partial charge is 0.123 e. The van der Waals surface area contributed by atoms with Gasteiger partial charge in [0.25, 0.3) is 0 Å². The minimum absolute atomic E-state index is 0.0596. The van der Waals surface area contributed by atoms with Gasteiger partial charge in [0, 0.05) is 31.7 Å². The molecule has 0 saturated carbocycles. The van der Waals surface area contributed by atoms with E-state index >= 15 is 0 Å². The molecule has 4 rings (SSSR count). The standard InChI is InChI=1S/C29H34ClFN2O3/c1-20-4-8-23(9-5-20)29(3,35)19-32-17-21(2)33(28(18-32)22-6-10-24(31)11-7-22)27-13-12-25(16-26(27)30)36-15-14-34/h4-13,16,21,28,34-35H,14-15,17-19H2,1-3H3/t21?,28-,29+/m0/s1. The van der Waals surface area contributed by atoms with E-state index in [1.807, 2.05) is 62.4 Å². The average Bonchev–Trinajstić information content (AvgIpc) is 2.83. The number of piperazine rings is 1. The van der Waals surface area contributed by atoms with Crippen LogP contribution in [0.3, 0.4) is 0 Å². The predicted molar refractivity (Wildman–Crippen MR) is 142 cm³/mol. The van der Waals surface area contributed by atoms with E-state index in [2.05, 4.69) is 16.7 Å². The number of nitrogens with zero attached hydrogens (tertiary/aromatic N) is 2. The van der Waals surface area contributed by atoms with Crippen molar-refractivity contribution >= 4 is 17.3 Å². The van der Waals surface area contributed by atoms with Crippen molar-refractivity contribution in [3.05, 3.63) is 94.3 Å². The van der Waals surface area contributed by atoms with Gasteiger partial charge in [0.2, 0.25) is 0 Å². The molecule has 3 aromatic rings. The van der Waals surface area contributed by atoms with E-state index in [1.165, 1.54) is 12.1 Å². The number of benzene rings is 3. The molecular weight excluding hydrogens is 479 g/mol. The minimum atomic E-state index is -1.02. The molecule has 5 nitrogen and oxygen atoms in total. The summed E-state index contributed by atoms with van der Waals surface area (Å²) < 4.78 is 19.3. The van der Waals surface area contributed by atoms with Gasteiger partial charge in [0.1, 0.15) is 18.2 Å². The predicted octanol–water partition coefficient (Wildman–Crippen LogP) is 5.32. The van der Waals surface area contributed by atoms with Gasteiger partial charge in [-0.1, -0.05) is 53.6 Å². The van der Waals surface area contributed by atoms with Crippen molar-refractivity contribution in [2.45, 2.75) is 38.5 Å². The number of ether oxygens (including phenoxy) is 1. The first-order valence-corrected chi connectivity index (χ1v) is 12.6. The van der Waals surface area contributed by atoms with Crippen molar-refractivity contribution in [1.29, 1.82) is 0 Å². The molecule has 1 heterocycles. The summed E-state index contributed by atoms with van der Waals surface area (Å²) >= 11 is 6.72. The molecule has 0 bridgehead atoms. The zero-order valence-electron chi connectivity index (χ0n) is 21.0. The van der Waals surface area contributed by atoms with Gasteiger partial charge in [-0.2, -0.15) is 0 Å². The lowest BCUT2D eigenvalue weighted by Gasteiger charge is -2.49. The number of hydrogen-bond donors (Lipinski definition) is 2. The van der Waals surface area contributed by atoms with Crippen molar-refractivity contribution in [1.82, 2.24) is 4.90 Å². The Kier molecular flexibility index (Phi) is 8.20. The molecule has 1 aliphatic rings. The topological polar surface area (TPSA) is 56.2 Å². The van der Waals surface area contributed by atoms with Crippen LogP contribution >= 0.6 is 11.6 Å². The number of aliphatic hydroxyl groups excluding tert-OH is 1. The van der Waals surface area contributed by atoms with Gasteiger partial charge in [0.05, 0.1) is 29.0 Å². The summed E-state index contributed by atoms with van der Waals surface area (Å²) in [6, 6.07) is 20.1. The summed E-state index contributed by atoms with van der Waals surface area (Å²) in [7, 11) is 0. The fraction of sp³-hybridized carbons (Fsp3) is 0.379. The Hall–Kier alpha value is -2.64. The highest BCUT2D eigenvalue weighted by molar-refractivity contribution is 6.33. The first kappa shape index (κ1) is 26.4. The van der Waals surface area contributed by atoms with E-state index in [1.54, 1.807) is 6.07 Å². The van der Waals surface area contributed by atoms with Crippen LogP contribution in [0.1, 0.15) is 36.6 Å². The van der Waals surface area contributed by atoms with Crippen LogP contribution in [0, 0.1) is 12.7 Å². The molecule has 7 heteroatoms. The molecule has 192 valence electrons.